The van der Waals surface area contributed by atoms with Crippen molar-refractivity contribution in [3.8, 4) is 0 Å². The highest BCUT2D eigenvalue weighted by molar-refractivity contribution is 5.66. The molecule has 0 amide bonds. The number of rotatable bonds is 27. The van der Waals surface area contributed by atoms with E-state index in [1.54, 1.807) is 16.7 Å². The predicted molar refractivity (Wildman–Crippen MR) is 266 cm³/mol. The van der Waals surface area contributed by atoms with E-state index in [2.05, 4.69) is 172 Å². The van der Waals surface area contributed by atoms with Gasteiger partial charge in [0.2, 0.25) is 0 Å². The highest BCUT2D eigenvalue weighted by Gasteiger charge is 2.31. The molecule has 1 N–H and O–H groups in total. The van der Waals surface area contributed by atoms with Crippen LogP contribution in [0.2, 0.25) is 0 Å². The van der Waals surface area contributed by atoms with Crippen LogP contribution < -0.4 is 0 Å². The minimum atomic E-state index is -0.675. The average molecular weight is 815 g/mol. The SMILES string of the molecule is CC1=C(/C=C/C(C)=C/C=C/C(C)=C/C=C/C=C(C)/C=C/C=C(C)/C=C/C2=C(C)CCC[C@]2(C)CCCCCC/C=C\C/C=C\CCCCCCCC(=O)O)C(C)(C)CCC1. The first-order valence-electron chi connectivity index (χ1n) is 23.7. The van der Waals surface area contributed by atoms with Crippen LogP contribution in [0, 0.1) is 10.8 Å². The van der Waals surface area contributed by atoms with Crippen molar-refractivity contribution >= 4 is 5.97 Å². The van der Waals surface area contributed by atoms with Crippen molar-refractivity contribution in [2.75, 3.05) is 0 Å². The Bertz CT molecular complexity index is 1710. The monoisotopic (exact) mass is 815 g/mol. The molecule has 0 fully saturated rings. The third kappa shape index (κ3) is 23.2. The van der Waals surface area contributed by atoms with Gasteiger partial charge in [-0.1, -0.05) is 202 Å². The summed E-state index contributed by atoms with van der Waals surface area (Å²) < 4.78 is 0. The molecular weight excluding hydrogens is 729 g/mol. The molecule has 0 spiro atoms. The maximum Gasteiger partial charge on any atom is 0.303 e. The Balaban J connectivity index is 1.73. The number of carboxylic acids is 1. The third-order valence-corrected chi connectivity index (χ3v) is 12.4. The summed E-state index contributed by atoms with van der Waals surface area (Å²) >= 11 is 0. The van der Waals surface area contributed by atoms with E-state index in [-0.39, 0.29) is 10.8 Å². The van der Waals surface area contributed by atoms with Gasteiger partial charge in [0.05, 0.1) is 0 Å². The van der Waals surface area contributed by atoms with E-state index in [1.807, 2.05) is 0 Å². The summed E-state index contributed by atoms with van der Waals surface area (Å²) in [5, 5.41) is 8.70. The Kier molecular flexibility index (Phi) is 26.3. The molecule has 0 radical (unpaired) electrons. The van der Waals surface area contributed by atoms with Crippen LogP contribution in [-0.2, 0) is 4.79 Å². The van der Waals surface area contributed by atoms with E-state index >= 15 is 0 Å². The van der Waals surface area contributed by atoms with E-state index < -0.39 is 5.97 Å². The number of hydrogen-bond donors (Lipinski definition) is 1. The quantitative estimate of drug-likeness (QED) is 0.0509. The molecule has 1 atom stereocenters. The smallest absolute Gasteiger partial charge is 0.303 e. The highest BCUT2D eigenvalue weighted by Crippen LogP contribution is 2.45. The Morgan fingerprint density at radius 1 is 0.550 bits per heavy atom. The van der Waals surface area contributed by atoms with Gasteiger partial charge < -0.3 is 5.11 Å². The van der Waals surface area contributed by atoms with Crippen LogP contribution in [-0.4, -0.2) is 11.1 Å². The lowest BCUT2D eigenvalue weighted by atomic mass is 9.68. The standard InChI is InChI=1S/C58H86O2/c1-48(34-28-36-50(3)41-43-54-52(5)38-30-45-57(54,7)8)32-25-26-33-49(2)35-29-37-51(4)42-44-55-53(6)39-31-47-58(55,9)46-27-23-21-19-17-15-13-11-10-12-14-16-18-20-22-24-40-56(59)60/h10,12-13,15,25-26,28-29,32-37,41-44H,11,14,16-24,27,30-31,38-40,45-47H2,1-9H3,(H,59,60)/b12-10-,15-13-,26-25+,34-28+,35-29+,43-41+,44-42+,48-32+,49-33+,50-36+,51-37+/t58-/m0/s1. The zero-order valence-electron chi connectivity index (χ0n) is 39.9. The van der Waals surface area contributed by atoms with Crippen LogP contribution in [0.4, 0.5) is 0 Å². The summed E-state index contributed by atoms with van der Waals surface area (Å²) in [4.78, 5) is 10.6. The fraction of sp³-hybridized carbons (Fsp3) is 0.534. The van der Waals surface area contributed by atoms with Crippen molar-refractivity contribution < 1.29 is 9.90 Å². The molecule has 330 valence electrons. The molecule has 0 aromatic heterocycles. The van der Waals surface area contributed by atoms with Gasteiger partial charge in [0.15, 0.2) is 0 Å². The number of allylic oxidation sites excluding steroid dienone is 26. The Morgan fingerprint density at radius 2 is 1.00 bits per heavy atom. The molecule has 0 bridgehead atoms. The van der Waals surface area contributed by atoms with Gasteiger partial charge in [-0.05, 0) is 147 Å². The van der Waals surface area contributed by atoms with E-state index in [1.165, 1.54) is 118 Å². The first kappa shape index (κ1) is 52.2. The lowest BCUT2D eigenvalue weighted by Crippen LogP contribution is -2.23. The number of carbonyl (C=O) groups is 1. The number of hydrogen-bond acceptors (Lipinski definition) is 1. The van der Waals surface area contributed by atoms with Gasteiger partial charge in [-0.2, -0.15) is 0 Å². The Labute approximate surface area is 370 Å². The molecule has 0 aromatic carbocycles. The second kappa shape index (κ2) is 30.2. The summed E-state index contributed by atoms with van der Waals surface area (Å²) in [6.07, 6.45) is 63.5. The molecule has 2 aliphatic carbocycles. The van der Waals surface area contributed by atoms with E-state index in [4.69, 9.17) is 5.11 Å². The fourth-order valence-corrected chi connectivity index (χ4v) is 8.62. The van der Waals surface area contributed by atoms with Crippen molar-refractivity contribution in [3.05, 3.63) is 154 Å². The summed E-state index contributed by atoms with van der Waals surface area (Å²) in [7, 11) is 0. The first-order chi connectivity index (χ1) is 28.7. The van der Waals surface area contributed by atoms with Crippen LogP contribution in [0.5, 0.6) is 0 Å². The van der Waals surface area contributed by atoms with Crippen molar-refractivity contribution in [2.24, 2.45) is 10.8 Å². The molecule has 0 saturated carbocycles. The maximum atomic E-state index is 10.6. The van der Waals surface area contributed by atoms with Gasteiger partial charge in [-0.25, -0.2) is 0 Å². The zero-order chi connectivity index (χ0) is 44.1. The van der Waals surface area contributed by atoms with Gasteiger partial charge in [-0.15, -0.1) is 0 Å². The second-order valence-electron chi connectivity index (χ2n) is 18.8. The minimum absolute atomic E-state index is 0.279. The number of carboxylic acid groups (broad SMARTS) is 1. The largest absolute Gasteiger partial charge is 0.481 e. The Morgan fingerprint density at radius 3 is 1.55 bits per heavy atom. The third-order valence-electron chi connectivity index (χ3n) is 12.4. The summed E-state index contributed by atoms with van der Waals surface area (Å²) in [6.45, 7) is 20.6. The van der Waals surface area contributed by atoms with Gasteiger partial charge in [0.1, 0.15) is 0 Å². The van der Waals surface area contributed by atoms with Gasteiger partial charge in [-0.3, -0.25) is 4.79 Å². The van der Waals surface area contributed by atoms with E-state index in [9.17, 15) is 4.79 Å². The second-order valence-corrected chi connectivity index (χ2v) is 18.8. The van der Waals surface area contributed by atoms with Gasteiger partial charge >= 0.3 is 5.97 Å². The molecular formula is C58H86O2. The molecule has 0 saturated heterocycles. The molecule has 2 nitrogen and oxygen atoms in total. The maximum absolute atomic E-state index is 10.6. The molecule has 0 unspecified atom stereocenters. The Hall–Kier alpha value is -3.91. The predicted octanol–water partition coefficient (Wildman–Crippen LogP) is 18.2. The molecule has 0 aliphatic heterocycles. The summed E-state index contributed by atoms with van der Waals surface area (Å²) in [5.41, 5.74) is 11.8. The van der Waals surface area contributed by atoms with Gasteiger partial charge in [0.25, 0.3) is 0 Å². The molecule has 2 heteroatoms. The molecule has 60 heavy (non-hydrogen) atoms. The first-order valence-corrected chi connectivity index (χ1v) is 23.7. The minimum Gasteiger partial charge on any atom is -0.481 e. The molecule has 0 aromatic rings. The topological polar surface area (TPSA) is 37.3 Å². The summed E-state index contributed by atoms with van der Waals surface area (Å²) in [6, 6.07) is 0. The zero-order valence-corrected chi connectivity index (χ0v) is 39.9. The average Bonchev–Trinajstić information content (AvgIpc) is 3.18. The highest BCUT2D eigenvalue weighted by atomic mass is 16.4. The normalized spacial score (nSPS) is 20.4. The van der Waals surface area contributed by atoms with E-state index in [0.717, 1.165) is 32.1 Å². The van der Waals surface area contributed by atoms with Crippen molar-refractivity contribution in [2.45, 2.75) is 191 Å². The molecule has 0 heterocycles. The van der Waals surface area contributed by atoms with Crippen LogP contribution in [0.15, 0.2) is 154 Å². The summed E-state index contributed by atoms with van der Waals surface area (Å²) in [5.74, 6) is -0.675. The molecule has 2 rings (SSSR count). The molecule has 2 aliphatic rings. The lowest BCUT2D eigenvalue weighted by Gasteiger charge is -2.37. The van der Waals surface area contributed by atoms with Crippen molar-refractivity contribution in [1.82, 2.24) is 0 Å². The lowest BCUT2D eigenvalue weighted by molar-refractivity contribution is -0.137. The number of aliphatic carboxylic acids is 1. The van der Waals surface area contributed by atoms with Crippen LogP contribution >= 0.6 is 0 Å². The van der Waals surface area contributed by atoms with Crippen LogP contribution in [0.25, 0.3) is 0 Å². The van der Waals surface area contributed by atoms with Gasteiger partial charge in [0, 0.05) is 6.42 Å². The fourth-order valence-electron chi connectivity index (χ4n) is 8.62. The van der Waals surface area contributed by atoms with Crippen LogP contribution in [0.3, 0.4) is 0 Å². The van der Waals surface area contributed by atoms with E-state index in [0.29, 0.717) is 6.42 Å². The van der Waals surface area contributed by atoms with Crippen LogP contribution in [0.1, 0.15) is 191 Å². The van der Waals surface area contributed by atoms with Crippen molar-refractivity contribution in [1.29, 1.82) is 0 Å². The van der Waals surface area contributed by atoms with Crippen molar-refractivity contribution in [3.63, 3.8) is 0 Å². The number of unbranched alkanes of at least 4 members (excludes halogenated alkanes) is 9.